The van der Waals surface area contributed by atoms with Crippen molar-refractivity contribution in [2.45, 2.75) is 33.6 Å². The molecule has 12 nitrogen and oxygen atoms in total. The zero-order valence-corrected chi connectivity index (χ0v) is 17.6. The zero-order valence-electron chi connectivity index (χ0n) is 17.6. The van der Waals surface area contributed by atoms with Gasteiger partial charge in [-0.1, -0.05) is 18.6 Å². The molecule has 0 radical (unpaired) electrons. The summed E-state index contributed by atoms with van der Waals surface area (Å²) >= 11 is 0. The van der Waals surface area contributed by atoms with Gasteiger partial charge in [-0.05, 0) is 42.7 Å². The fourth-order valence-corrected chi connectivity index (χ4v) is 3.09. The van der Waals surface area contributed by atoms with Crippen molar-refractivity contribution in [2.24, 2.45) is 5.10 Å². The van der Waals surface area contributed by atoms with Crippen LogP contribution in [0.3, 0.4) is 0 Å². The molecule has 0 aliphatic rings. The minimum Gasteiger partial charge on any atom is -0.507 e. The first-order valence-corrected chi connectivity index (χ1v) is 9.94. The first-order chi connectivity index (χ1) is 15.0. The number of phenolic OH excluding ortho intramolecular Hbond substituents is 1. The molecule has 0 spiro atoms. The Morgan fingerprint density at radius 3 is 2.71 bits per heavy atom. The van der Waals surface area contributed by atoms with Gasteiger partial charge in [-0.2, -0.15) is 9.78 Å². The second-order valence-corrected chi connectivity index (χ2v) is 6.63. The van der Waals surface area contributed by atoms with Crippen LogP contribution in [0.15, 0.2) is 27.9 Å². The molecule has 3 aromatic rings. The Labute approximate surface area is 178 Å². The summed E-state index contributed by atoms with van der Waals surface area (Å²) in [5.41, 5.74) is 10.1. The van der Waals surface area contributed by atoms with Crippen molar-refractivity contribution in [3.8, 4) is 11.6 Å². The van der Waals surface area contributed by atoms with Crippen LogP contribution in [0.4, 0.5) is 11.5 Å². The minimum atomic E-state index is -0.555. The number of nitrogens with two attached hydrogens (primary N) is 1. The molecular formula is C19H25N9O3. The Kier molecular flexibility index (Phi) is 6.80. The van der Waals surface area contributed by atoms with Crippen LogP contribution in [0.5, 0.6) is 5.75 Å². The number of hydrogen-bond donors (Lipinski definition) is 3. The number of aromatic nitrogens is 5. The highest BCUT2D eigenvalue weighted by Gasteiger charge is 2.23. The van der Waals surface area contributed by atoms with Crippen LogP contribution >= 0.6 is 0 Å². The lowest BCUT2D eigenvalue weighted by molar-refractivity contribution is 0.0949. The second-order valence-electron chi connectivity index (χ2n) is 6.63. The first kappa shape index (κ1) is 21.7. The molecule has 31 heavy (non-hydrogen) atoms. The average Bonchev–Trinajstić information content (AvgIpc) is 3.36. The number of carbonyl (C=O) groups is 1. The molecule has 0 aliphatic heterocycles. The Bertz CT molecular complexity index is 1070. The maximum atomic E-state index is 12.6. The Balaban J connectivity index is 1.76. The standard InChI is InChI=1S/C19H25N9O3/c1-4-7-14-16(22-26-28(14)18-17(20)24-31-25-18)19(30)23-21-11-12-8-9-13(10-15(12)29)27(5-2)6-3/h8-11,29H,4-7H2,1-3H3,(H2,20,24)(H,23,30). The van der Waals surface area contributed by atoms with Gasteiger partial charge >= 0.3 is 0 Å². The fraction of sp³-hybridized carbons (Fsp3) is 0.368. The highest BCUT2D eigenvalue weighted by atomic mass is 16.6. The van der Waals surface area contributed by atoms with E-state index in [4.69, 9.17) is 5.73 Å². The summed E-state index contributed by atoms with van der Waals surface area (Å²) in [5.74, 6) is -0.290. The van der Waals surface area contributed by atoms with E-state index in [1.54, 1.807) is 12.1 Å². The molecule has 0 saturated carbocycles. The Morgan fingerprint density at radius 2 is 2.10 bits per heavy atom. The summed E-state index contributed by atoms with van der Waals surface area (Å²) in [6, 6.07) is 5.28. The fourth-order valence-electron chi connectivity index (χ4n) is 3.09. The van der Waals surface area contributed by atoms with Crippen LogP contribution in [-0.4, -0.2) is 55.6 Å². The normalized spacial score (nSPS) is 11.2. The van der Waals surface area contributed by atoms with Gasteiger partial charge in [0.15, 0.2) is 5.69 Å². The van der Waals surface area contributed by atoms with E-state index in [1.165, 1.54) is 10.9 Å². The highest BCUT2D eigenvalue weighted by Crippen LogP contribution is 2.23. The third kappa shape index (κ3) is 4.63. The first-order valence-electron chi connectivity index (χ1n) is 9.94. The number of carbonyl (C=O) groups excluding carboxylic acids is 1. The van der Waals surface area contributed by atoms with E-state index in [0.717, 1.165) is 25.2 Å². The van der Waals surface area contributed by atoms with E-state index < -0.39 is 5.91 Å². The van der Waals surface area contributed by atoms with Gasteiger partial charge in [-0.25, -0.2) is 10.1 Å². The van der Waals surface area contributed by atoms with Gasteiger partial charge in [0.1, 0.15) is 5.75 Å². The lowest BCUT2D eigenvalue weighted by atomic mass is 10.2. The third-order valence-electron chi connectivity index (χ3n) is 4.67. The summed E-state index contributed by atoms with van der Waals surface area (Å²) in [7, 11) is 0. The monoisotopic (exact) mass is 427 g/mol. The van der Waals surface area contributed by atoms with E-state index in [0.29, 0.717) is 17.7 Å². The number of nitrogens with one attached hydrogen (secondary N) is 1. The predicted octanol–water partition coefficient (Wildman–Crippen LogP) is 1.50. The molecule has 2 aromatic heterocycles. The van der Waals surface area contributed by atoms with Crippen molar-refractivity contribution in [1.82, 2.24) is 30.7 Å². The highest BCUT2D eigenvalue weighted by molar-refractivity contribution is 5.94. The zero-order chi connectivity index (χ0) is 22.4. The second kappa shape index (κ2) is 9.69. The maximum absolute atomic E-state index is 12.6. The quantitative estimate of drug-likeness (QED) is 0.339. The number of nitrogen functional groups attached to an aromatic ring is 1. The lowest BCUT2D eigenvalue weighted by Crippen LogP contribution is -2.21. The topological polar surface area (TPSA) is 161 Å². The van der Waals surface area contributed by atoms with Crippen molar-refractivity contribution >= 4 is 23.6 Å². The van der Waals surface area contributed by atoms with E-state index >= 15 is 0 Å². The lowest BCUT2D eigenvalue weighted by Gasteiger charge is -2.21. The number of rotatable bonds is 9. The van der Waals surface area contributed by atoms with Crippen molar-refractivity contribution in [1.29, 1.82) is 0 Å². The molecular weight excluding hydrogens is 402 g/mol. The molecule has 2 heterocycles. The molecule has 0 bridgehead atoms. The molecule has 4 N–H and O–H groups in total. The molecule has 1 aromatic carbocycles. The van der Waals surface area contributed by atoms with Crippen molar-refractivity contribution < 1.29 is 14.5 Å². The van der Waals surface area contributed by atoms with E-state index in [9.17, 15) is 9.90 Å². The van der Waals surface area contributed by atoms with E-state index in [1.807, 2.05) is 26.8 Å². The number of aromatic hydroxyl groups is 1. The molecule has 0 atom stereocenters. The van der Waals surface area contributed by atoms with Gasteiger partial charge in [-0.3, -0.25) is 4.79 Å². The summed E-state index contributed by atoms with van der Waals surface area (Å²) in [6.07, 6.45) is 2.59. The number of benzene rings is 1. The molecule has 0 aliphatic carbocycles. The molecule has 0 unspecified atom stereocenters. The maximum Gasteiger partial charge on any atom is 0.293 e. The predicted molar refractivity (Wildman–Crippen MR) is 114 cm³/mol. The molecule has 12 heteroatoms. The van der Waals surface area contributed by atoms with Crippen LogP contribution < -0.4 is 16.1 Å². The minimum absolute atomic E-state index is 0.0378. The van der Waals surface area contributed by atoms with Crippen molar-refractivity contribution in [2.75, 3.05) is 23.7 Å². The number of nitrogens with zero attached hydrogens (tertiary/aromatic N) is 7. The molecule has 3 rings (SSSR count). The van der Waals surface area contributed by atoms with E-state index in [2.05, 4.69) is 40.7 Å². The van der Waals surface area contributed by atoms with Gasteiger partial charge in [0.05, 0.1) is 11.9 Å². The van der Waals surface area contributed by atoms with Crippen LogP contribution in [0.25, 0.3) is 5.82 Å². The number of amides is 1. The number of anilines is 2. The largest absolute Gasteiger partial charge is 0.507 e. The van der Waals surface area contributed by atoms with Crippen LogP contribution in [0, 0.1) is 0 Å². The van der Waals surface area contributed by atoms with Gasteiger partial charge in [-0.15, -0.1) is 5.10 Å². The van der Waals surface area contributed by atoms with Gasteiger partial charge in [0, 0.05) is 30.4 Å². The van der Waals surface area contributed by atoms with Crippen molar-refractivity contribution in [3.05, 3.63) is 35.2 Å². The van der Waals surface area contributed by atoms with Crippen LogP contribution in [0.2, 0.25) is 0 Å². The molecule has 0 saturated heterocycles. The van der Waals surface area contributed by atoms with Gasteiger partial charge in [0.2, 0.25) is 11.6 Å². The summed E-state index contributed by atoms with van der Waals surface area (Å²) in [4.78, 5) is 14.7. The third-order valence-corrected chi connectivity index (χ3v) is 4.67. The Morgan fingerprint density at radius 1 is 1.32 bits per heavy atom. The molecule has 164 valence electrons. The van der Waals surface area contributed by atoms with Gasteiger partial charge in [0.25, 0.3) is 5.91 Å². The Hall–Kier alpha value is -3.96. The van der Waals surface area contributed by atoms with E-state index in [-0.39, 0.29) is 23.1 Å². The molecule has 1 amide bonds. The van der Waals surface area contributed by atoms with Crippen LogP contribution in [-0.2, 0) is 6.42 Å². The molecule has 0 fully saturated rings. The number of hydrogen-bond acceptors (Lipinski definition) is 10. The van der Waals surface area contributed by atoms with Crippen LogP contribution in [0.1, 0.15) is 48.9 Å². The summed E-state index contributed by atoms with van der Waals surface area (Å²) in [5, 5.41) is 29.3. The van der Waals surface area contributed by atoms with Crippen molar-refractivity contribution in [3.63, 3.8) is 0 Å². The average molecular weight is 427 g/mol. The number of hydrazone groups is 1. The smallest absolute Gasteiger partial charge is 0.293 e. The van der Waals surface area contributed by atoms with Gasteiger partial charge < -0.3 is 15.7 Å². The summed E-state index contributed by atoms with van der Waals surface area (Å²) < 4.78 is 5.93. The number of phenols is 1. The summed E-state index contributed by atoms with van der Waals surface area (Å²) in [6.45, 7) is 7.70. The SMILES string of the molecule is CCCc1c(C(=O)NN=Cc2ccc(N(CC)CC)cc2O)nnn1-c1nonc1N.